The summed E-state index contributed by atoms with van der Waals surface area (Å²) < 4.78 is 27.5. The van der Waals surface area contributed by atoms with E-state index in [0.29, 0.717) is 22.5 Å². The molecule has 0 saturated carbocycles. The van der Waals surface area contributed by atoms with Gasteiger partial charge in [-0.15, -0.1) is 12.4 Å². The predicted molar refractivity (Wildman–Crippen MR) is 126 cm³/mol. The van der Waals surface area contributed by atoms with Gasteiger partial charge in [-0.3, -0.25) is 4.72 Å². The Morgan fingerprint density at radius 2 is 1.58 bits per heavy atom. The van der Waals surface area contributed by atoms with Gasteiger partial charge < -0.3 is 15.5 Å². The Labute approximate surface area is 192 Å². The van der Waals surface area contributed by atoms with Gasteiger partial charge in [0.25, 0.3) is 10.0 Å². The molecule has 1 fully saturated rings. The minimum absolute atomic E-state index is 0. The van der Waals surface area contributed by atoms with Gasteiger partial charge in [0, 0.05) is 48.8 Å². The molecule has 3 N–H and O–H groups in total. The smallest absolute Gasteiger partial charge is 0.261 e. The molecule has 31 heavy (non-hydrogen) atoms. The number of halogens is 2. The van der Waals surface area contributed by atoms with E-state index in [-0.39, 0.29) is 17.3 Å². The van der Waals surface area contributed by atoms with E-state index < -0.39 is 10.0 Å². The molecule has 2 heterocycles. The molecule has 0 spiro atoms. The lowest BCUT2D eigenvalue weighted by atomic mass is 10.3. The van der Waals surface area contributed by atoms with Crippen LogP contribution in [0.3, 0.4) is 0 Å². The summed E-state index contributed by atoms with van der Waals surface area (Å²) in [5.41, 5.74) is 1.24. The van der Waals surface area contributed by atoms with Crippen LogP contribution in [0.1, 0.15) is 0 Å². The quantitative estimate of drug-likeness (QED) is 0.496. The first kappa shape index (κ1) is 23.1. The minimum Gasteiger partial charge on any atom is -0.340 e. The number of hydrogen-bond donors (Lipinski definition) is 3. The summed E-state index contributed by atoms with van der Waals surface area (Å²) in [5.74, 6) is 1.36. The Hall–Kier alpha value is -2.59. The Morgan fingerprint density at radius 1 is 0.935 bits per heavy atom. The number of anilines is 4. The maximum Gasteiger partial charge on any atom is 0.261 e. The molecule has 2 aromatic carbocycles. The third-order valence-corrected chi connectivity index (χ3v) is 6.23. The molecule has 1 aliphatic heterocycles. The highest BCUT2D eigenvalue weighted by Gasteiger charge is 2.15. The summed E-state index contributed by atoms with van der Waals surface area (Å²) in [4.78, 5) is 11.2. The summed E-state index contributed by atoms with van der Waals surface area (Å²) in [5, 5.41) is 7.01. The summed E-state index contributed by atoms with van der Waals surface area (Å²) in [6.07, 6.45) is 1.72. The number of hydrogen-bond acceptors (Lipinski definition) is 7. The number of rotatable bonds is 6. The highest BCUT2D eigenvalue weighted by Crippen LogP contribution is 2.22. The average Bonchev–Trinajstić information content (AvgIpc) is 2.76. The molecular weight excluding hydrogens is 459 g/mol. The summed E-state index contributed by atoms with van der Waals surface area (Å²) in [6, 6.07) is 14.8. The second kappa shape index (κ2) is 10.1. The molecule has 164 valence electrons. The highest BCUT2D eigenvalue weighted by atomic mass is 35.5. The van der Waals surface area contributed by atoms with Crippen LogP contribution in [0.15, 0.2) is 65.7 Å². The molecular formula is C20H22Cl2N6O2S. The van der Waals surface area contributed by atoms with Crippen LogP contribution in [0.25, 0.3) is 0 Å². The van der Waals surface area contributed by atoms with Crippen molar-refractivity contribution in [1.82, 2.24) is 15.3 Å². The Morgan fingerprint density at radius 3 is 2.26 bits per heavy atom. The van der Waals surface area contributed by atoms with Crippen molar-refractivity contribution in [2.45, 2.75) is 4.90 Å². The molecule has 1 aromatic heterocycles. The second-order valence-corrected chi connectivity index (χ2v) is 8.86. The number of piperazine rings is 1. The van der Waals surface area contributed by atoms with Gasteiger partial charge in [0.05, 0.1) is 4.90 Å². The fourth-order valence-corrected chi connectivity index (χ4v) is 4.22. The van der Waals surface area contributed by atoms with E-state index in [0.717, 1.165) is 31.9 Å². The van der Waals surface area contributed by atoms with Crippen LogP contribution in [-0.4, -0.2) is 44.6 Å². The first-order valence-electron chi connectivity index (χ1n) is 9.44. The fraction of sp³-hybridized carbons (Fsp3) is 0.200. The predicted octanol–water partition coefficient (Wildman–Crippen LogP) is 3.51. The lowest BCUT2D eigenvalue weighted by molar-refractivity contribution is 0.580. The van der Waals surface area contributed by atoms with Crippen molar-refractivity contribution in [1.29, 1.82) is 0 Å². The van der Waals surface area contributed by atoms with Crippen molar-refractivity contribution in [2.75, 3.05) is 41.1 Å². The monoisotopic (exact) mass is 480 g/mol. The molecule has 1 aliphatic rings. The molecule has 0 unspecified atom stereocenters. The molecule has 4 rings (SSSR count). The SMILES string of the molecule is Cl.O=S(=O)(Nc1ccc(Nc2ccnc(N3CCNCC3)n2)cc1)c1ccc(Cl)cc1. The lowest BCUT2D eigenvalue weighted by Crippen LogP contribution is -2.44. The zero-order valence-corrected chi connectivity index (χ0v) is 18.8. The van der Waals surface area contributed by atoms with Crippen molar-refractivity contribution < 1.29 is 8.42 Å². The number of sulfonamides is 1. The molecule has 0 bridgehead atoms. The van der Waals surface area contributed by atoms with Gasteiger partial charge in [-0.25, -0.2) is 13.4 Å². The minimum atomic E-state index is -3.68. The molecule has 0 radical (unpaired) electrons. The van der Waals surface area contributed by atoms with E-state index in [4.69, 9.17) is 11.6 Å². The second-order valence-electron chi connectivity index (χ2n) is 6.74. The summed E-state index contributed by atoms with van der Waals surface area (Å²) in [7, 11) is -3.68. The van der Waals surface area contributed by atoms with E-state index in [1.165, 1.54) is 12.1 Å². The fourth-order valence-electron chi connectivity index (χ4n) is 3.03. The van der Waals surface area contributed by atoms with Gasteiger partial charge in [0.15, 0.2) is 0 Å². The zero-order chi connectivity index (χ0) is 21.0. The Bertz CT molecular complexity index is 1110. The number of nitrogens with zero attached hydrogens (tertiary/aromatic N) is 3. The van der Waals surface area contributed by atoms with E-state index in [1.54, 1.807) is 48.7 Å². The Kier molecular flexibility index (Phi) is 7.55. The molecule has 0 aliphatic carbocycles. The van der Waals surface area contributed by atoms with Crippen LogP contribution in [0.4, 0.5) is 23.1 Å². The van der Waals surface area contributed by atoms with Crippen LogP contribution < -0.4 is 20.3 Å². The van der Waals surface area contributed by atoms with Gasteiger partial charge in [-0.05, 0) is 54.6 Å². The zero-order valence-electron chi connectivity index (χ0n) is 16.5. The Balaban J connectivity index is 0.00000272. The molecule has 3 aromatic rings. The lowest BCUT2D eigenvalue weighted by Gasteiger charge is -2.27. The highest BCUT2D eigenvalue weighted by molar-refractivity contribution is 7.92. The number of benzene rings is 2. The third kappa shape index (κ3) is 5.98. The van der Waals surface area contributed by atoms with Crippen LogP contribution in [0.2, 0.25) is 5.02 Å². The standard InChI is InChI=1S/C20H21ClN6O2S.ClH/c21-15-1-7-18(8-2-15)30(28,29)26-17-5-3-16(4-6-17)24-19-9-10-23-20(25-19)27-13-11-22-12-14-27;/h1-10,22,26H,11-14H2,(H,23,24,25);1H. The topological polar surface area (TPSA) is 99.2 Å². The largest absolute Gasteiger partial charge is 0.340 e. The maximum absolute atomic E-state index is 12.5. The van der Waals surface area contributed by atoms with Crippen molar-refractivity contribution in [3.63, 3.8) is 0 Å². The summed E-state index contributed by atoms with van der Waals surface area (Å²) >= 11 is 5.82. The van der Waals surface area contributed by atoms with Crippen LogP contribution in [-0.2, 0) is 10.0 Å². The van der Waals surface area contributed by atoms with Gasteiger partial charge in [0.1, 0.15) is 5.82 Å². The van der Waals surface area contributed by atoms with E-state index >= 15 is 0 Å². The average molecular weight is 481 g/mol. The van der Waals surface area contributed by atoms with E-state index in [2.05, 4.69) is 30.2 Å². The number of nitrogens with one attached hydrogen (secondary N) is 3. The first-order valence-corrected chi connectivity index (χ1v) is 11.3. The van der Waals surface area contributed by atoms with Crippen LogP contribution >= 0.6 is 24.0 Å². The molecule has 8 nitrogen and oxygen atoms in total. The van der Waals surface area contributed by atoms with Gasteiger partial charge in [0.2, 0.25) is 5.95 Å². The van der Waals surface area contributed by atoms with Gasteiger partial charge in [-0.2, -0.15) is 4.98 Å². The van der Waals surface area contributed by atoms with E-state index in [9.17, 15) is 8.42 Å². The van der Waals surface area contributed by atoms with Crippen molar-refractivity contribution in [3.05, 3.63) is 65.8 Å². The van der Waals surface area contributed by atoms with E-state index in [1.807, 2.05) is 0 Å². The van der Waals surface area contributed by atoms with Gasteiger partial charge >= 0.3 is 0 Å². The molecule has 1 saturated heterocycles. The third-order valence-electron chi connectivity index (χ3n) is 4.58. The normalized spacial score (nSPS) is 13.9. The molecule has 0 atom stereocenters. The van der Waals surface area contributed by atoms with Crippen LogP contribution in [0, 0.1) is 0 Å². The van der Waals surface area contributed by atoms with Gasteiger partial charge in [-0.1, -0.05) is 11.6 Å². The molecule has 0 amide bonds. The van der Waals surface area contributed by atoms with Crippen molar-refractivity contribution >= 4 is 57.2 Å². The first-order chi connectivity index (χ1) is 14.5. The molecule has 11 heteroatoms. The van der Waals surface area contributed by atoms with Crippen molar-refractivity contribution in [3.8, 4) is 0 Å². The van der Waals surface area contributed by atoms with Crippen LogP contribution in [0.5, 0.6) is 0 Å². The number of aromatic nitrogens is 2. The van der Waals surface area contributed by atoms with Crippen molar-refractivity contribution in [2.24, 2.45) is 0 Å². The maximum atomic E-state index is 12.5. The summed E-state index contributed by atoms with van der Waals surface area (Å²) in [6.45, 7) is 3.56.